The zero-order chi connectivity index (χ0) is 26.8. The van der Waals surface area contributed by atoms with Gasteiger partial charge >= 0.3 is 0 Å². The second-order valence-corrected chi connectivity index (χ2v) is 11.3. The molecule has 0 spiro atoms. The van der Waals surface area contributed by atoms with E-state index in [9.17, 15) is 13.6 Å². The van der Waals surface area contributed by atoms with Crippen LogP contribution in [0.4, 0.5) is 25.8 Å². The summed E-state index contributed by atoms with van der Waals surface area (Å²) in [6.07, 6.45) is 8.07. The second-order valence-electron chi connectivity index (χ2n) is 11.3. The topological polar surface area (TPSA) is 26.8 Å². The Bertz CT molecular complexity index is 1280. The highest BCUT2D eigenvalue weighted by atomic mass is 19.1. The van der Waals surface area contributed by atoms with Crippen LogP contribution in [0, 0.1) is 11.6 Å². The van der Waals surface area contributed by atoms with Crippen molar-refractivity contribution in [2.45, 2.75) is 69.4 Å². The Morgan fingerprint density at radius 3 is 2.38 bits per heavy atom. The van der Waals surface area contributed by atoms with Gasteiger partial charge in [-0.05, 0) is 92.4 Å². The lowest BCUT2D eigenvalue weighted by Crippen LogP contribution is -2.45. The van der Waals surface area contributed by atoms with Gasteiger partial charge in [-0.2, -0.15) is 0 Å². The first-order chi connectivity index (χ1) is 19.1. The first-order valence-electron chi connectivity index (χ1n) is 14.5. The van der Waals surface area contributed by atoms with Gasteiger partial charge in [0.1, 0.15) is 11.6 Å². The molecule has 1 amide bonds. The third-order valence-electron chi connectivity index (χ3n) is 8.85. The Morgan fingerprint density at radius 2 is 1.62 bits per heavy atom. The molecule has 6 rings (SSSR count). The summed E-state index contributed by atoms with van der Waals surface area (Å²) in [6.45, 7) is 2.61. The number of rotatable bonds is 7. The summed E-state index contributed by atoms with van der Waals surface area (Å²) in [5.41, 5.74) is 4.00. The fraction of sp³-hybridized carbons (Fsp3) is 0.424. The molecular weight excluding hydrogens is 492 g/mol. The maximum Gasteiger partial charge on any atom is 0.227 e. The van der Waals surface area contributed by atoms with Crippen molar-refractivity contribution in [2.75, 3.05) is 29.4 Å². The molecule has 2 aliphatic heterocycles. The third-order valence-corrected chi connectivity index (χ3v) is 8.85. The van der Waals surface area contributed by atoms with E-state index in [0.29, 0.717) is 12.5 Å². The lowest BCUT2D eigenvalue weighted by Gasteiger charge is -2.39. The zero-order valence-corrected chi connectivity index (χ0v) is 22.4. The highest BCUT2D eigenvalue weighted by Gasteiger charge is 2.42. The Balaban J connectivity index is 1.12. The predicted octanol–water partition coefficient (Wildman–Crippen LogP) is 7.42. The molecule has 0 unspecified atom stereocenters. The van der Waals surface area contributed by atoms with Crippen LogP contribution in [0.5, 0.6) is 0 Å². The Morgan fingerprint density at radius 1 is 0.872 bits per heavy atom. The molecule has 0 aromatic heterocycles. The first-order valence-corrected chi connectivity index (χ1v) is 14.5. The van der Waals surface area contributed by atoms with Crippen LogP contribution in [-0.4, -0.2) is 42.5 Å². The van der Waals surface area contributed by atoms with Crippen LogP contribution in [0.15, 0.2) is 72.8 Å². The number of benzene rings is 3. The predicted molar refractivity (Wildman–Crippen MR) is 153 cm³/mol. The molecule has 4 nitrogen and oxygen atoms in total. The quantitative estimate of drug-likeness (QED) is 0.319. The molecule has 1 saturated carbocycles. The number of likely N-dealkylation sites (tertiary alicyclic amines) is 1. The Hall–Kier alpha value is -3.25. The number of halogens is 2. The van der Waals surface area contributed by atoms with Crippen molar-refractivity contribution in [3.8, 4) is 0 Å². The van der Waals surface area contributed by atoms with Gasteiger partial charge in [-0.1, -0.05) is 37.5 Å². The van der Waals surface area contributed by atoms with Crippen molar-refractivity contribution < 1.29 is 13.6 Å². The number of piperidine rings is 1. The molecule has 6 heteroatoms. The van der Waals surface area contributed by atoms with Crippen molar-refractivity contribution in [1.82, 2.24) is 4.90 Å². The number of para-hydroxylation sites is 1. The number of hydrogen-bond acceptors (Lipinski definition) is 3. The lowest BCUT2D eigenvalue weighted by atomic mass is 9.88. The fourth-order valence-electron chi connectivity index (χ4n) is 7.04. The maximum absolute atomic E-state index is 14.3. The van der Waals surface area contributed by atoms with Crippen LogP contribution in [0.2, 0.25) is 0 Å². The average Bonchev–Trinajstić information content (AvgIpc) is 3.28. The van der Waals surface area contributed by atoms with Crippen LogP contribution < -0.4 is 9.80 Å². The summed E-state index contributed by atoms with van der Waals surface area (Å²) in [4.78, 5) is 20.3. The van der Waals surface area contributed by atoms with Crippen molar-refractivity contribution in [1.29, 1.82) is 0 Å². The van der Waals surface area contributed by atoms with Gasteiger partial charge in [-0.3, -0.25) is 4.79 Å². The van der Waals surface area contributed by atoms with Crippen LogP contribution in [-0.2, 0) is 4.79 Å². The van der Waals surface area contributed by atoms with Crippen molar-refractivity contribution in [3.63, 3.8) is 0 Å². The molecule has 204 valence electrons. The van der Waals surface area contributed by atoms with E-state index in [0.717, 1.165) is 67.9 Å². The van der Waals surface area contributed by atoms with E-state index < -0.39 is 0 Å². The SMILES string of the molecule is O=C(CCCN1CC[C@H]2[C@H](C1)c1cc(F)ccc1N2c1ccc(F)cc1)N(c1ccccc1)C1CCCCC1. The molecule has 2 heterocycles. The summed E-state index contributed by atoms with van der Waals surface area (Å²) in [5.74, 6) is -0.0839. The van der Waals surface area contributed by atoms with Crippen molar-refractivity contribution in [2.24, 2.45) is 0 Å². The van der Waals surface area contributed by atoms with Crippen LogP contribution >= 0.6 is 0 Å². The molecule has 0 radical (unpaired) electrons. The molecule has 3 aromatic rings. The second kappa shape index (κ2) is 11.5. The molecule has 1 aliphatic carbocycles. The summed E-state index contributed by atoms with van der Waals surface area (Å²) >= 11 is 0. The minimum atomic E-state index is -0.257. The highest BCUT2D eigenvalue weighted by Crippen LogP contribution is 2.48. The van der Waals surface area contributed by atoms with Gasteiger partial charge in [0.2, 0.25) is 5.91 Å². The van der Waals surface area contributed by atoms with E-state index in [2.05, 4.69) is 26.8 Å². The summed E-state index contributed by atoms with van der Waals surface area (Å²) in [7, 11) is 0. The van der Waals surface area contributed by atoms with Gasteiger partial charge in [0.05, 0.1) is 0 Å². The van der Waals surface area contributed by atoms with E-state index in [1.54, 1.807) is 6.07 Å². The number of carbonyl (C=O) groups excluding carboxylic acids is 1. The lowest BCUT2D eigenvalue weighted by molar-refractivity contribution is -0.119. The van der Waals surface area contributed by atoms with Gasteiger partial charge in [-0.25, -0.2) is 8.78 Å². The number of hydrogen-bond donors (Lipinski definition) is 0. The van der Waals surface area contributed by atoms with E-state index >= 15 is 0 Å². The molecule has 0 N–H and O–H groups in total. The molecule has 2 fully saturated rings. The van der Waals surface area contributed by atoms with Gasteiger partial charge in [0.15, 0.2) is 0 Å². The number of carbonyl (C=O) groups is 1. The number of fused-ring (bicyclic) bond motifs is 3. The minimum Gasteiger partial charge on any atom is -0.337 e. The molecule has 39 heavy (non-hydrogen) atoms. The van der Waals surface area contributed by atoms with E-state index in [1.165, 1.54) is 37.5 Å². The Kier molecular flexibility index (Phi) is 7.64. The number of anilines is 3. The largest absolute Gasteiger partial charge is 0.337 e. The minimum absolute atomic E-state index is 0.174. The normalized spacial score (nSPS) is 21.4. The highest BCUT2D eigenvalue weighted by molar-refractivity contribution is 5.94. The molecule has 1 saturated heterocycles. The van der Waals surface area contributed by atoms with Crippen molar-refractivity contribution in [3.05, 3.63) is 90.0 Å². The van der Waals surface area contributed by atoms with E-state index in [-0.39, 0.29) is 29.5 Å². The zero-order valence-electron chi connectivity index (χ0n) is 22.4. The molecule has 3 aromatic carbocycles. The van der Waals surface area contributed by atoms with E-state index in [4.69, 9.17) is 0 Å². The fourth-order valence-corrected chi connectivity index (χ4v) is 7.04. The van der Waals surface area contributed by atoms with Crippen LogP contribution in [0.25, 0.3) is 0 Å². The summed E-state index contributed by atoms with van der Waals surface area (Å²) in [5, 5.41) is 0. The summed E-state index contributed by atoms with van der Waals surface area (Å²) < 4.78 is 28.0. The molecule has 3 aliphatic rings. The smallest absolute Gasteiger partial charge is 0.227 e. The first kappa shape index (κ1) is 26.0. The van der Waals surface area contributed by atoms with Crippen molar-refractivity contribution >= 4 is 23.0 Å². The van der Waals surface area contributed by atoms with Gasteiger partial charge in [0.25, 0.3) is 0 Å². The number of amides is 1. The molecule has 2 atom stereocenters. The third kappa shape index (κ3) is 5.44. The van der Waals surface area contributed by atoms with Gasteiger partial charge < -0.3 is 14.7 Å². The summed E-state index contributed by atoms with van der Waals surface area (Å²) in [6, 6.07) is 22.3. The molecule has 0 bridgehead atoms. The monoisotopic (exact) mass is 529 g/mol. The number of nitrogens with zero attached hydrogens (tertiary/aromatic N) is 3. The maximum atomic E-state index is 14.3. The van der Waals surface area contributed by atoms with E-state index in [1.807, 2.05) is 36.4 Å². The average molecular weight is 530 g/mol. The van der Waals surface area contributed by atoms with Crippen LogP contribution in [0.1, 0.15) is 62.8 Å². The van der Waals surface area contributed by atoms with Gasteiger partial charge in [0, 0.05) is 54.6 Å². The molecular formula is C33H37F2N3O. The Labute approximate surface area is 230 Å². The van der Waals surface area contributed by atoms with Crippen LogP contribution in [0.3, 0.4) is 0 Å². The standard InChI is InChI=1S/C33H37F2N3O/c34-24-13-16-28(17-14-24)38-31-18-15-25(35)22-29(31)30-23-36(21-19-32(30)38)20-7-12-33(39)37(26-8-3-1-4-9-26)27-10-5-2-6-11-27/h1,3-4,8-9,13-18,22,27,30,32H,2,5-7,10-12,19-21,23H2/t30-,32+/m1/s1. The van der Waals surface area contributed by atoms with Gasteiger partial charge in [-0.15, -0.1) is 0 Å².